The van der Waals surface area contributed by atoms with Gasteiger partial charge in [0.2, 0.25) is 15.9 Å². The van der Waals surface area contributed by atoms with Gasteiger partial charge in [-0.05, 0) is 42.5 Å². The summed E-state index contributed by atoms with van der Waals surface area (Å²) in [5.41, 5.74) is 1.89. The Balaban J connectivity index is 1.39. The molecule has 1 fully saturated rings. The van der Waals surface area contributed by atoms with Gasteiger partial charge in [-0.1, -0.05) is 48.9 Å². The monoisotopic (exact) mass is 466 g/mol. The second kappa shape index (κ2) is 10.3. The van der Waals surface area contributed by atoms with Gasteiger partial charge in [-0.15, -0.1) is 0 Å². The first-order chi connectivity index (χ1) is 15.9. The number of benzene rings is 2. The number of hydrogen-bond acceptors (Lipinski definition) is 4. The van der Waals surface area contributed by atoms with E-state index >= 15 is 0 Å². The highest BCUT2D eigenvalue weighted by Crippen LogP contribution is 2.22. The molecule has 0 saturated carbocycles. The predicted octanol–water partition coefficient (Wildman–Crippen LogP) is 3.43. The zero-order valence-corrected chi connectivity index (χ0v) is 19.7. The molecule has 1 aromatic heterocycles. The lowest BCUT2D eigenvalue weighted by Gasteiger charge is -2.25. The van der Waals surface area contributed by atoms with E-state index in [1.54, 1.807) is 34.8 Å². The number of nitrogens with zero attached hydrogens (tertiary/aromatic N) is 3. The number of imidazole rings is 1. The Morgan fingerprint density at radius 3 is 2.36 bits per heavy atom. The maximum Gasteiger partial charge on any atom is 0.243 e. The normalized spacial score (nSPS) is 15.8. The molecule has 1 saturated heterocycles. The van der Waals surface area contributed by atoms with Crippen LogP contribution in [0.1, 0.15) is 48.7 Å². The topological polar surface area (TPSA) is 84.3 Å². The standard InChI is InChI=1S/C25H30N4O3S/c1-28-19-16-26-25(28)24(21-8-4-2-5-9-21)27-23(30)15-12-20-10-13-22(14-11-20)33(31,32)29-17-6-3-7-18-29/h2,4-5,8-11,13-14,16,19,24H,3,6-7,12,15,17-18H2,1H3,(H,27,30)/t24-/m0/s1. The highest BCUT2D eigenvalue weighted by Gasteiger charge is 2.26. The molecule has 1 N–H and O–H groups in total. The fraction of sp³-hybridized carbons (Fsp3) is 0.360. The SMILES string of the molecule is Cn1ccnc1[C@@H](NC(=O)CCc1ccc(S(=O)(=O)N2CCCCC2)cc1)c1ccccc1. The van der Waals surface area contributed by atoms with Gasteiger partial charge in [0, 0.05) is 39.0 Å². The Bertz CT molecular complexity index is 1170. The van der Waals surface area contributed by atoms with Crippen LogP contribution in [0.3, 0.4) is 0 Å². The first-order valence-corrected chi connectivity index (χ1v) is 12.8. The quantitative estimate of drug-likeness (QED) is 0.551. The number of aromatic nitrogens is 2. The van der Waals surface area contributed by atoms with Gasteiger partial charge in [0.15, 0.2) is 0 Å². The Kier molecular flexibility index (Phi) is 7.25. The molecule has 2 heterocycles. The van der Waals surface area contributed by atoms with Crippen molar-refractivity contribution in [1.29, 1.82) is 0 Å². The van der Waals surface area contributed by atoms with Crippen LogP contribution in [0, 0.1) is 0 Å². The maximum atomic E-state index is 12.8. The molecular formula is C25H30N4O3S. The van der Waals surface area contributed by atoms with E-state index in [9.17, 15) is 13.2 Å². The predicted molar refractivity (Wildman–Crippen MR) is 127 cm³/mol. The van der Waals surface area contributed by atoms with Crippen LogP contribution in [0.15, 0.2) is 71.9 Å². The van der Waals surface area contributed by atoms with E-state index in [-0.39, 0.29) is 11.9 Å². The van der Waals surface area contributed by atoms with Crippen LogP contribution in [0.25, 0.3) is 0 Å². The van der Waals surface area contributed by atoms with Crippen molar-refractivity contribution in [1.82, 2.24) is 19.2 Å². The lowest BCUT2D eigenvalue weighted by Crippen LogP contribution is -2.35. The van der Waals surface area contributed by atoms with E-state index in [2.05, 4.69) is 10.3 Å². The Morgan fingerprint density at radius 1 is 1.03 bits per heavy atom. The lowest BCUT2D eigenvalue weighted by molar-refractivity contribution is -0.121. The number of nitrogens with one attached hydrogen (secondary N) is 1. The molecule has 0 aliphatic carbocycles. The molecule has 2 aromatic carbocycles. The molecule has 0 spiro atoms. The third-order valence-electron chi connectivity index (χ3n) is 6.07. The average molecular weight is 467 g/mol. The largest absolute Gasteiger partial charge is 0.342 e. The fourth-order valence-electron chi connectivity index (χ4n) is 4.17. The molecule has 1 aliphatic rings. The van der Waals surface area contributed by atoms with E-state index in [0.29, 0.717) is 30.8 Å². The van der Waals surface area contributed by atoms with Gasteiger partial charge >= 0.3 is 0 Å². The van der Waals surface area contributed by atoms with Gasteiger partial charge in [0.05, 0.1) is 4.90 Å². The molecule has 0 unspecified atom stereocenters. The van der Waals surface area contributed by atoms with Crippen molar-refractivity contribution in [3.8, 4) is 0 Å². The van der Waals surface area contributed by atoms with Crippen molar-refractivity contribution < 1.29 is 13.2 Å². The van der Waals surface area contributed by atoms with Crippen molar-refractivity contribution in [3.05, 3.63) is 83.9 Å². The molecule has 4 rings (SSSR count). The van der Waals surface area contributed by atoms with E-state index in [0.717, 1.165) is 36.2 Å². The molecule has 1 amide bonds. The average Bonchev–Trinajstić information content (AvgIpc) is 3.28. The van der Waals surface area contributed by atoms with E-state index in [4.69, 9.17) is 0 Å². The second-order valence-electron chi connectivity index (χ2n) is 8.42. The molecule has 0 radical (unpaired) electrons. The zero-order chi connectivity index (χ0) is 23.3. The van der Waals surface area contributed by atoms with Crippen molar-refractivity contribution >= 4 is 15.9 Å². The van der Waals surface area contributed by atoms with Gasteiger partial charge in [0.1, 0.15) is 11.9 Å². The van der Waals surface area contributed by atoms with Crippen molar-refractivity contribution in [3.63, 3.8) is 0 Å². The van der Waals surface area contributed by atoms with Gasteiger partial charge in [-0.25, -0.2) is 13.4 Å². The summed E-state index contributed by atoms with van der Waals surface area (Å²) >= 11 is 0. The summed E-state index contributed by atoms with van der Waals surface area (Å²) in [6.45, 7) is 1.17. The molecule has 1 atom stereocenters. The summed E-state index contributed by atoms with van der Waals surface area (Å²) in [5, 5.41) is 3.10. The number of sulfonamides is 1. The van der Waals surface area contributed by atoms with E-state index in [1.165, 1.54) is 0 Å². The van der Waals surface area contributed by atoms with Crippen LogP contribution in [0.4, 0.5) is 0 Å². The Hall–Kier alpha value is -2.97. The molecule has 1 aliphatic heterocycles. The summed E-state index contributed by atoms with van der Waals surface area (Å²) in [5.74, 6) is 0.679. The van der Waals surface area contributed by atoms with E-state index in [1.807, 2.05) is 48.1 Å². The van der Waals surface area contributed by atoms with Gasteiger partial charge in [0.25, 0.3) is 0 Å². The lowest BCUT2D eigenvalue weighted by atomic mass is 10.1. The van der Waals surface area contributed by atoms with Gasteiger partial charge < -0.3 is 9.88 Å². The molecule has 174 valence electrons. The minimum atomic E-state index is -3.44. The summed E-state index contributed by atoms with van der Waals surface area (Å²) in [7, 11) is -1.53. The first kappa shape index (κ1) is 23.2. The Labute approximate surface area is 195 Å². The molecule has 8 heteroatoms. The number of aryl methyl sites for hydroxylation is 2. The first-order valence-electron chi connectivity index (χ1n) is 11.4. The van der Waals surface area contributed by atoms with Crippen molar-refractivity contribution in [2.75, 3.05) is 13.1 Å². The highest BCUT2D eigenvalue weighted by molar-refractivity contribution is 7.89. The molecule has 7 nitrogen and oxygen atoms in total. The number of carbonyl (C=O) groups excluding carboxylic acids is 1. The Morgan fingerprint density at radius 2 is 1.73 bits per heavy atom. The van der Waals surface area contributed by atoms with Crippen LogP contribution in [0.2, 0.25) is 0 Å². The van der Waals surface area contributed by atoms with Crippen LogP contribution < -0.4 is 5.32 Å². The summed E-state index contributed by atoms with van der Waals surface area (Å²) in [4.78, 5) is 17.5. The number of piperidine rings is 1. The summed E-state index contributed by atoms with van der Waals surface area (Å²) in [6.07, 6.45) is 7.30. The van der Waals surface area contributed by atoms with Crippen LogP contribution in [-0.4, -0.2) is 41.3 Å². The number of amides is 1. The molecule has 0 bridgehead atoms. The fourth-order valence-corrected chi connectivity index (χ4v) is 5.69. The number of hydrogen-bond donors (Lipinski definition) is 1. The summed E-state index contributed by atoms with van der Waals surface area (Å²) in [6, 6.07) is 16.3. The third kappa shape index (κ3) is 5.51. The van der Waals surface area contributed by atoms with Crippen LogP contribution >= 0.6 is 0 Å². The maximum absolute atomic E-state index is 12.8. The smallest absolute Gasteiger partial charge is 0.243 e. The van der Waals surface area contributed by atoms with Crippen LogP contribution in [0.5, 0.6) is 0 Å². The third-order valence-corrected chi connectivity index (χ3v) is 7.98. The minimum Gasteiger partial charge on any atom is -0.342 e. The highest BCUT2D eigenvalue weighted by atomic mass is 32.2. The summed E-state index contributed by atoms with van der Waals surface area (Å²) < 4.78 is 29.1. The van der Waals surface area contributed by atoms with Crippen LogP contribution in [-0.2, 0) is 28.3 Å². The van der Waals surface area contributed by atoms with E-state index < -0.39 is 10.0 Å². The number of carbonyl (C=O) groups is 1. The second-order valence-corrected chi connectivity index (χ2v) is 10.4. The number of rotatable bonds is 8. The zero-order valence-electron chi connectivity index (χ0n) is 18.9. The molecular weight excluding hydrogens is 436 g/mol. The molecule has 3 aromatic rings. The van der Waals surface area contributed by atoms with Crippen molar-refractivity contribution in [2.24, 2.45) is 7.05 Å². The minimum absolute atomic E-state index is 0.0862. The van der Waals surface area contributed by atoms with Crippen molar-refractivity contribution in [2.45, 2.75) is 43.0 Å². The van der Waals surface area contributed by atoms with Gasteiger partial charge in [-0.3, -0.25) is 4.79 Å². The molecule has 33 heavy (non-hydrogen) atoms. The van der Waals surface area contributed by atoms with Gasteiger partial charge in [-0.2, -0.15) is 4.31 Å².